The van der Waals surface area contributed by atoms with Crippen LogP contribution in [0.25, 0.3) is 0 Å². The Morgan fingerprint density at radius 1 is 1.32 bits per heavy atom. The Balaban J connectivity index is 1.84. The molecule has 0 aliphatic heterocycles. The van der Waals surface area contributed by atoms with Crippen molar-refractivity contribution in [3.8, 4) is 0 Å². The van der Waals surface area contributed by atoms with Crippen LogP contribution in [0, 0.1) is 5.92 Å². The van der Waals surface area contributed by atoms with Gasteiger partial charge in [0.15, 0.2) is 0 Å². The van der Waals surface area contributed by atoms with E-state index in [4.69, 9.17) is 5.73 Å². The predicted octanol–water partition coefficient (Wildman–Crippen LogP) is 2.85. The van der Waals surface area contributed by atoms with E-state index in [0.29, 0.717) is 6.54 Å². The number of nitrogens with two attached hydrogens (primary N) is 1. The van der Waals surface area contributed by atoms with Crippen molar-refractivity contribution in [1.29, 1.82) is 0 Å². The molecule has 3 heteroatoms. The molecule has 1 aromatic rings. The second-order valence-electron chi connectivity index (χ2n) is 5.78. The van der Waals surface area contributed by atoms with Crippen LogP contribution in [0.15, 0.2) is 24.5 Å². The second-order valence-corrected chi connectivity index (χ2v) is 5.78. The predicted molar refractivity (Wildman–Crippen MR) is 77.8 cm³/mol. The van der Waals surface area contributed by atoms with Crippen LogP contribution in [0.3, 0.4) is 0 Å². The molecule has 0 spiro atoms. The lowest BCUT2D eigenvalue weighted by atomic mass is 9.83. The van der Waals surface area contributed by atoms with Gasteiger partial charge in [0.25, 0.3) is 0 Å². The molecule has 3 nitrogen and oxygen atoms in total. The van der Waals surface area contributed by atoms with Crippen molar-refractivity contribution >= 4 is 0 Å². The number of aliphatic hydroxyl groups is 1. The Hall–Kier alpha value is -0.930. The normalized spacial score (nSPS) is 20.1. The number of rotatable bonds is 6. The Morgan fingerprint density at radius 2 is 2.11 bits per heavy atom. The molecule has 19 heavy (non-hydrogen) atoms. The molecule has 2 atom stereocenters. The van der Waals surface area contributed by atoms with Crippen molar-refractivity contribution in [2.24, 2.45) is 11.7 Å². The smallest absolute Gasteiger partial charge is 0.0621 e. The third-order valence-electron chi connectivity index (χ3n) is 4.43. The minimum absolute atomic E-state index is 0.0253. The molecular weight excluding hydrogens is 236 g/mol. The molecule has 0 radical (unpaired) electrons. The summed E-state index contributed by atoms with van der Waals surface area (Å²) in [4.78, 5) is 4.12. The highest BCUT2D eigenvalue weighted by Crippen LogP contribution is 2.29. The molecule has 1 fully saturated rings. The summed E-state index contributed by atoms with van der Waals surface area (Å²) < 4.78 is 0. The summed E-state index contributed by atoms with van der Waals surface area (Å²) in [6.07, 6.45) is 12.0. The SMILES string of the molecule is NCC(c1cccnc1)C(O)CCC1CCCCC1. The topological polar surface area (TPSA) is 59.1 Å². The minimum atomic E-state index is -0.337. The highest BCUT2D eigenvalue weighted by Gasteiger charge is 2.22. The largest absolute Gasteiger partial charge is 0.392 e. The van der Waals surface area contributed by atoms with E-state index in [1.165, 1.54) is 32.1 Å². The average molecular weight is 262 g/mol. The van der Waals surface area contributed by atoms with E-state index >= 15 is 0 Å². The van der Waals surface area contributed by atoms with E-state index in [1.54, 1.807) is 6.20 Å². The maximum atomic E-state index is 10.4. The summed E-state index contributed by atoms with van der Waals surface area (Å²) in [5.74, 6) is 0.841. The number of hydrogen-bond donors (Lipinski definition) is 2. The van der Waals surface area contributed by atoms with Gasteiger partial charge in [-0.3, -0.25) is 4.98 Å². The fourth-order valence-electron chi connectivity index (χ4n) is 3.19. The summed E-state index contributed by atoms with van der Waals surface area (Å²) in [6.45, 7) is 0.484. The molecule has 0 aromatic carbocycles. The lowest BCUT2D eigenvalue weighted by Gasteiger charge is -2.26. The van der Waals surface area contributed by atoms with Gasteiger partial charge in [-0.1, -0.05) is 38.2 Å². The van der Waals surface area contributed by atoms with Crippen LogP contribution in [0.2, 0.25) is 0 Å². The summed E-state index contributed by atoms with van der Waals surface area (Å²) in [6, 6.07) is 3.92. The monoisotopic (exact) mass is 262 g/mol. The van der Waals surface area contributed by atoms with Crippen molar-refractivity contribution in [2.45, 2.75) is 57.0 Å². The molecule has 2 rings (SSSR count). The van der Waals surface area contributed by atoms with E-state index in [-0.39, 0.29) is 12.0 Å². The maximum absolute atomic E-state index is 10.4. The van der Waals surface area contributed by atoms with Crippen LogP contribution in [-0.4, -0.2) is 22.7 Å². The summed E-state index contributed by atoms with van der Waals surface area (Å²) in [5, 5.41) is 10.4. The van der Waals surface area contributed by atoms with Crippen LogP contribution in [0.1, 0.15) is 56.4 Å². The molecule has 3 N–H and O–H groups in total. The van der Waals surface area contributed by atoms with Gasteiger partial charge in [-0.15, -0.1) is 0 Å². The number of pyridine rings is 1. The first kappa shape index (κ1) is 14.5. The molecule has 1 heterocycles. The highest BCUT2D eigenvalue weighted by molar-refractivity contribution is 5.16. The van der Waals surface area contributed by atoms with E-state index in [0.717, 1.165) is 24.3 Å². The molecular formula is C16H26N2O. The van der Waals surface area contributed by atoms with Gasteiger partial charge in [0, 0.05) is 24.9 Å². The van der Waals surface area contributed by atoms with E-state index in [2.05, 4.69) is 4.98 Å². The first-order valence-corrected chi connectivity index (χ1v) is 7.59. The molecule has 2 unspecified atom stereocenters. The van der Waals surface area contributed by atoms with E-state index < -0.39 is 0 Å². The Kier molecular flexibility index (Phi) is 5.80. The summed E-state index contributed by atoms with van der Waals surface area (Å²) in [5.41, 5.74) is 6.88. The number of nitrogens with zero attached hydrogens (tertiary/aromatic N) is 1. The highest BCUT2D eigenvalue weighted by atomic mass is 16.3. The molecule has 0 bridgehead atoms. The van der Waals surface area contributed by atoms with Gasteiger partial charge >= 0.3 is 0 Å². The second kappa shape index (κ2) is 7.61. The Morgan fingerprint density at radius 3 is 2.74 bits per heavy atom. The standard InChI is InChI=1S/C16H26N2O/c17-11-15(14-7-4-10-18-12-14)16(19)9-8-13-5-2-1-3-6-13/h4,7,10,12-13,15-16,19H,1-3,5-6,8-9,11,17H2. The van der Waals surface area contributed by atoms with Crippen molar-refractivity contribution in [2.75, 3.05) is 6.54 Å². The average Bonchev–Trinajstić information content (AvgIpc) is 2.48. The minimum Gasteiger partial charge on any atom is -0.392 e. The van der Waals surface area contributed by atoms with Gasteiger partial charge in [-0.25, -0.2) is 0 Å². The van der Waals surface area contributed by atoms with Crippen LogP contribution in [-0.2, 0) is 0 Å². The number of hydrogen-bond acceptors (Lipinski definition) is 3. The molecule has 0 amide bonds. The van der Waals surface area contributed by atoms with Gasteiger partial charge in [-0.05, 0) is 30.4 Å². The van der Waals surface area contributed by atoms with Gasteiger partial charge in [0.2, 0.25) is 0 Å². The quantitative estimate of drug-likeness (QED) is 0.828. The first-order chi connectivity index (χ1) is 9.31. The van der Waals surface area contributed by atoms with Crippen molar-refractivity contribution in [1.82, 2.24) is 4.98 Å². The Labute approximate surface area is 116 Å². The van der Waals surface area contributed by atoms with Gasteiger partial charge in [0.05, 0.1) is 6.10 Å². The summed E-state index contributed by atoms with van der Waals surface area (Å²) >= 11 is 0. The zero-order chi connectivity index (χ0) is 13.5. The lowest BCUT2D eigenvalue weighted by molar-refractivity contribution is 0.123. The molecule has 1 aliphatic rings. The van der Waals surface area contributed by atoms with E-state index in [9.17, 15) is 5.11 Å². The van der Waals surface area contributed by atoms with E-state index in [1.807, 2.05) is 18.3 Å². The zero-order valence-corrected chi connectivity index (χ0v) is 11.7. The van der Waals surface area contributed by atoms with Gasteiger partial charge in [-0.2, -0.15) is 0 Å². The first-order valence-electron chi connectivity index (χ1n) is 7.59. The van der Waals surface area contributed by atoms with Crippen LogP contribution in [0.4, 0.5) is 0 Å². The number of aliphatic hydroxyl groups excluding tert-OH is 1. The molecule has 106 valence electrons. The van der Waals surface area contributed by atoms with Crippen molar-refractivity contribution in [3.05, 3.63) is 30.1 Å². The molecule has 1 aromatic heterocycles. The number of aromatic nitrogens is 1. The van der Waals surface area contributed by atoms with Crippen molar-refractivity contribution < 1.29 is 5.11 Å². The van der Waals surface area contributed by atoms with Crippen LogP contribution < -0.4 is 5.73 Å². The zero-order valence-electron chi connectivity index (χ0n) is 11.7. The summed E-state index contributed by atoms with van der Waals surface area (Å²) in [7, 11) is 0. The fourth-order valence-corrected chi connectivity index (χ4v) is 3.19. The molecule has 1 saturated carbocycles. The fraction of sp³-hybridized carbons (Fsp3) is 0.688. The van der Waals surface area contributed by atoms with Gasteiger partial charge in [0.1, 0.15) is 0 Å². The van der Waals surface area contributed by atoms with Crippen LogP contribution in [0.5, 0.6) is 0 Å². The lowest BCUT2D eigenvalue weighted by Crippen LogP contribution is -2.26. The molecule has 0 saturated heterocycles. The van der Waals surface area contributed by atoms with Crippen molar-refractivity contribution in [3.63, 3.8) is 0 Å². The maximum Gasteiger partial charge on any atom is 0.0621 e. The van der Waals surface area contributed by atoms with Gasteiger partial charge < -0.3 is 10.8 Å². The Bertz CT molecular complexity index is 349. The van der Waals surface area contributed by atoms with Crippen LogP contribution >= 0.6 is 0 Å². The third-order valence-corrected chi connectivity index (χ3v) is 4.43. The molecule has 1 aliphatic carbocycles. The third kappa shape index (κ3) is 4.29.